The van der Waals surface area contributed by atoms with Crippen LogP contribution >= 0.6 is 0 Å². The second-order valence-electron chi connectivity index (χ2n) is 27.9. The summed E-state index contributed by atoms with van der Waals surface area (Å²) in [6, 6.07) is 0.109. The highest BCUT2D eigenvalue weighted by atomic mass is 16.3. The number of rotatable bonds is 77. The van der Waals surface area contributed by atoms with Gasteiger partial charge in [0.2, 0.25) is 0 Å². The number of nitrogens with zero attached hydrogens (tertiary/aromatic N) is 5. The molecule has 36 nitrogen and oxygen atoms in total. The van der Waals surface area contributed by atoms with Crippen LogP contribution in [0.25, 0.3) is 0 Å². The molecule has 0 spiro atoms. The molecule has 1 rings (SSSR count). The summed E-state index contributed by atoms with van der Waals surface area (Å²) in [5.41, 5.74) is 56.8. The first-order valence-corrected chi connectivity index (χ1v) is 39.0. The van der Waals surface area contributed by atoms with E-state index in [9.17, 15) is 20.4 Å². The monoisotopic (exact) mass is 1480 g/mol. The van der Waals surface area contributed by atoms with Crippen LogP contribution < -0.4 is 148 Å². The van der Waals surface area contributed by atoms with Gasteiger partial charge in [-0.05, 0) is 116 Å². The van der Waals surface area contributed by atoms with Crippen LogP contribution in [0.2, 0.25) is 0 Å². The first-order chi connectivity index (χ1) is 49.9. The number of aliphatic imine (C=N–C) groups is 4. The zero-order valence-electron chi connectivity index (χ0n) is 64.2. The maximum absolute atomic E-state index is 10.7. The topological polar surface area (TPSA) is 598 Å². The van der Waals surface area contributed by atoms with Crippen molar-refractivity contribution in [1.29, 1.82) is 0 Å². The predicted octanol–water partition coefficient (Wildman–Crippen LogP) is -9.94. The summed E-state index contributed by atoms with van der Waals surface area (Å²) in [5, 5.41) is 102. The lowest BCUT2D eigenvalue weighted by atomic mass is 10.0. The summed E-state index contributed by atoms with van der Waals surface area (Å²) in [5.74, 6) is 0.762. The third-order valence-electron chi connectivity index (χ3n) is 18.1. The summed E-state index contributed by atoms with van der Waals surface area (Å²) in [6.45, 7) is 30.3. The Morgan fingerprint density at radius 1 is 0.388 bits per heavy atom. The van der Waals surface area contributed by atoms with Crippen molar-refractivity contribution in [2.45, 2.75) is 171 Å². The quantitative estimate of drug-likeness (QED) is 0.0116. The smallest absolute Gasteiger partial charge is 0.185 e. The van der Waals surface area contributed by atoms with Crippen LogP contribution in [0.1, 0.15) is 104 Å². The molecule has 1 saturated heterocycles. The highest BCUT2D eigenvalue weighted by Gasteiger charge is 2.26. The maximum atomic E-state index is 10.7. The van der Waals surface area contributed by atoms with Gasteiger partial charge in [0.15, 0.2) is 23.8 Å². The molecule has 0 amide bonds. The number of unbranched alkanes of at least 4 members (excludes halogenated alkanes) is 1. The SMILES string of the molecule is CC(C)C[C@@H](CN[C@@H](CCCN=C(N)N)CN[C@@H](CCCN=C(N)N)CN[C@@H](CO)CN[C@@H](CO)CNCCNCCNCCNCCN[C@@H](CCCN=C(N)N)CNCCNCCNCCCCNCN)NC[C@H](CO)NC[C@H](CCCN=C(N)N)NC[C@@H]1CCCN1CCNC[C@@H](N)[C@@H](C)O. The largest absolute Gasteiger partial charge is 0.395 e. The van der Waals surface area contributed by atoms with E-state index in [1.54, 1.807) is 6.92 Å². The molecule has 0 aliphatic carbocycles. The van der Waals surface area contributed by atoms with E-state index >= 15 is 0 Å². The fourth-order valence-electron chi connectivity index (χ4n) is 12.0. The minimum absolute atomic E-state index is 0.0137. The zero-order chi connectivity index (χ0) is 75.6. The number of aliphatic hydroxyl groups excluding tert-OH is 4. The van der Waals surface area contributed by atoms with Gasteiger partial charge in [-0.2, -0.15) is 0 Å². The third kappa shape index (κ3) is 60.8. The highest BCUT2D eigenvalue weighted by Crippen LogP contribution is 2.16. The molecule has 1 aliphatic rings. The second kappa shape index (κ2) is 68.6. The summed E-state index contributed by atoms with van der Waals surface area (Å²) in [6.07, 6.45) is 11.6. The molecule has 0 aromatic heterocycles. The van der Waals surface area contributed by atoms with Gasteiger partial charge < -0.3 is 168 Å². The standard InChI is InChI=1S/C67H158N32O4/c1-52(2)37-58(94-44-60(49-101)96-42-57(14-9-21-91-67(76)77)98-46-62-15-10-35-99(62)36-34-85-47-63(69)53(3)103)43-93-55(12-7-19-89-65(72)73)40-92-56(13-8-20-90-66(74)75)41-95-61(50-102)45-97-59(48-100)39-84-31-29-81-25-24-79-26-27-82-32-33-87-54(11-6-18-88-64(70)71)38-83-30-28-80-23-22-78-16-4-5-17-86-51-68/h52-63,78-87,92-98,100-103H,4-51,68-69H2,1-3H3,(H4,70,71,88)(H4,72,73,89)(H4,74,75,90)(H4,76,77,91)/t53-,54+,55+,56+,57+,58+,59-,60-,61-,62+,63-/m1/s1. The van der Waals surface area contributed by atoms with Crippen molar-refractivity contribution in [3.05, 3.63) is 0 Å². The van der Waals surface area contributed by atoms with Crippen LogP contribution in [0, 0.1) is 5.92 Å². The number of nitrogens with two attached hydrogens (primary N) is 10. The molecule has 11 atom stereocenters. The fraction of sp³-hybridized carbons (Fsp3) is 0.940. The van der Waals surface area contributed by atoms with Crippen LogP contribution in [-0.2, 0) is 0 Å². The fourth-order valence-corrected chi connectivity index (χ4v) is 12.0. The lowest BCUT2D eigenvalue weighted by molar-refractivity contribution is 0.160. The third-order valence-corrected chi connectivity index (χ3v) is 18.1. The van der Waals surface area contributed by atoms with Gasteiger partial charge in [-0.3, -0.25) is 24.9 Å². The maximum Gasteiger partial charge on any atom is 0.185 e. The van der Waals surface area contributed by atoms with Crippen LogP contribution in [0.3, 0.4) is 0 Å². The van der Waals surface area contributed by atoms with Gasteiger partial charge >= 0.3 is 0 Å². The van der Waals surface area contributed by atoms with Gasteiger partial charge in [-0.1, -0.05) is 13.8 Å². The van der Waals surface area contributed by atoms with Crippen LogP contribution in [-0.4, -0.2) is 345 Å². The molecule has 41 N–H and O–H groups in total. The number of likely N-dealkylation sites (tertiary alicyclic amines) is 1. The van der Waals surface area contributed by atoms with E-state index in [2.05, 4.69) is 129 Å². The summed E-state index contributed by atoms with van der Waals surface area (Å²) in [7, 11) is 0. The van der Waals surface area contributed by atoms with Crippen LogP contribution in [0.5, 0.6) is 0 Å². The molecular weight excluding hydrogens is 1320 g/mol. The Morgan fingerprint density at radius 3 is 1.15 bits per heavy atom. The van der Waals surface area contributed by atoms with Gasteiger partial charge in [-0.15, -0.1) is 0 Å². The van der Waals surface area contributed by atoms with Crippen molar-refractivity contribution in [2.24, 2.45) is 83.2 Å². The minimum atomic E-state index is -0.555. The number of hydrogen-bond acceptors (Lipinski definition) is 28. The van der Waals surface area contributed by atoms with E-state index in [1.165, 1.54) is 0 Å². The number of nitrogens with one attached hydrogen (secondary N) is 17. The average molecular weight is 1480 g/mol. The lowest BCUT2D eigenvalue weighted by Gasteiger charge is -2.30. The minimum Gasteiger partial charge on any atom is -0.395 e. The number of hydrogen-bond donors (Lipinski definition) is 31. The average Bonchev–Trinajstić information content (AvgIpc) is 1.79. The molecule has 0 aromatic rings. The second-order valence-corrected chi connectivity index (χ2v) is 27.9. The molecule has 1 heterocycles. The van der Waals surface area contributed by atoms with Gasteiger partial charge in [-0.25, -0.2) is 0 Å². The molecule has 1 aliphatic heterocycles. The van der Waals surface area contributed by atoms with E-state index in [1.807, 2.05) is 0 Å². The van der Waals surface area contributed by atoms with Crippen molar-refractivity contribution in [3.8, 4) is 0 Å². The van der Waals surface area contributed by atoms with E-state index < -0.39 is 6.10 Å². The summed E-state index contributed by atoms with van der Waals surface area (Å²) in [4.78, 5) is 19.4. The molecule has 0 radical (unpaired) electrons. The first kappa shape index (κ1) is 97.1. The Morgan fingerprint density at radius 2 is 0.728 bits per heavy atom. The van der Waals surface area contributed by atoms with E-state index in [0.29, 0.717) is 103 Å². The van der Waals surface area contributed by atoms with E-state index in [0.717, 1.165) is 208 Å². The zero-order valence-corrected chi connectivity index (χ0v) is 64.2. The Balaban J connectivity index is 2.69. The number of guanidine groups is 4. The molecule has 36 heteroatoms. The molecule has 103 heavy (non-hydrogen) atoms. The van der Waals surface area contributed by atoms with Crippen molar-refractivity contribution in [1.82, 2.24) is 95.3 Å². The summed E-state index contributed by atoms with van der Waals surface area (Å²) >= 11 is 0. The van der Waals surface area contributed by atoms with Gasteiger partial charge in [0, 0.05) is 250 Å². The van der Waals surface area contributed by atoms with Gasteiger partial charge in [0.1, 0.15) is 0 Å². The van der Waals surface area contributed by atoms with Crippen molar-refractivity contribution in [2.75, 3.05) is 229 Å². The van der Waals surface area contributed by atoms with Crippen molar-refractivity contribution >= 4 is 23.8 Å². The Labute approximate surface area is 620 Å². The van der Waals surface area contributed by atoms with E-state index in [-0.39, 0.29) is 92.0 Å². The Bertz CT molecular complexity index is 2000. The van der Waals surface area contributed by atoms with Gasteiger partial charge in [0.25, 0.3) is 0 Å². The molecule has 0 saturated carbocycles. The Hall–Kier alpha value is -3.88. The molecular formula is C67H158N32O4. The first-order valence-electron chi connectivity index (χ1n) is 39.0. The lowest BCUT2D eigenvalue weighted by Crippen LogP contribution is -2.54. The normalized spacial score (nSPS) is 16.4. The highest BCUT2D eigenvalue weighted by molar-refractivity contribution is 5.76. The Kier molecular flexibility index (Phi) is 64.7. The molecule has 1 fully saturated rings. The summed E-state index contributed by atoms with van der Waals surface area (Å²) < 4.78 is 0. The van der Waals surface area contributed by atoms with Crippen molar-refractivity contribution < 1.29 is 20.4 Å². The predicted molar refractivity (Wildman–Crippen MR) is 428 cm³/mol. The van der Waals surface area contributed by atoms with Gasteiger partial charge in [0.05, 0.1) is 25.9 Å². The number of aliphatic hydroxyl groups is 4. The molecule has 610 valence electrons. The molecule has 0 aromatic carbocycles. The van der Waals surface area contributed by atoms with Crippen LogP contribution in [0.4, 0.5) is 0 Å². The molecule has 0 unspecified atom stereocenters. The molecule has 0 bridgehead atoms. The van der Waals surface area contributed by atoms with E-state index in [4.69, 9.17) is 57.3 Å². The van der Waals surface area contributed by atoms with Crippen molar-refractivity contribution in [3.63, 3.8) is 0 Å². The van der Waals surface area contributed by atoms with Crippen LogP contribution in [0.15, 0.2) is 20.0 Å².